The molecule has 1 saturated carbocycles. The van der Waals surface area contributed by atoms with Crippen molar-refractivity contribution in [1.82, 2.24) is 25.4 Å². The van der Waals surface area contributed by atoms with Crippen molar-refractivity contribution < 1.29 is 14.7 Å². The standard InChI is InChI=1S/C11H17N5O3/c1-2-16-7-13-15-8(16)6-12-10(19)14-11(9(17)18)4-3-5-11/h7H,2-6H2,1H3,(H,17,18)(H2,12,14,19). The van der Waals surface area contributed by atoms with Gasteiger partial charge in [-0.1, -0.05) is 0 Å². The van der Waals surface area contributed by atoms with Gasteiger partial charge >= 0.3 is 12.0 Å². The summed E-state index contributed by atoms with van der Waals surface area (Å²) in [4.78, 5) is 22.8. The first-order chi connectivity index (χ1) is 9.07. The largest absolute Gasteiger partial charge is 0.480 e. The first-order valence-corrected chi connectivity index (χ1v) is 6.23. The Hall–Kier alpha value is -2.12. The van der Waals surface area contributed by atoms with Crippen molar-refractivity contribution in [3.63, 3.8) is 0 Å². The fourth-order valence-corrected chi connectivity index (χ4v) is 2.02. The molecule has 8 nitrogen and oxygen atoms in total. The van der Waals surface area contributed by atoms with Gasteiger partial charge in [0.25, 0.3) is 0 Å². The predicted octanol–water partition coefficient (Wildman–Crippen LogP) is 0.104. The number of carbonyl (C=O) groups excluding carboxylic acids is 1. The van der Waals surface area contributed by atoms with Gasteiger partial charge in [-0.3, -0.25) is 0 Å². The smallest absolute Gasteiger partial charge is 0.329 e. The van der Waals surface area contributed by atoms with Crippen LogP contribution in [0.3, 0.4) is 0 Å². The molecule has 0 aromatic carbocycles. The maximum atomic E-state index is 11.7. The maximum absolute atomic E-state index is 11.7. The number of aromatic nitrogens is 3. The van der Waals surface area contributed by atoms with Crippen LogP contribution in [0, 0.1) is 0 Å². The molecule has 0 radical (unpaired) electrons. The van der Waals surface area contributed by atoms with E-state index in [4.69, 9.17) is 5.11 Å². The van der Waals surface area contributed by atoms with E-state index in [1.807, 2.05) is 6.92 Å². The van der Waals surface area contributed by atoms with E-state index in [1.165, 1.54) is 0 Å². The van der Waals surface area contributed by atoms with Crippen LogP contribution in [0.2, 0.25) is 0 Å². The van der Waals surface area contributed by atoms with Crippen molar-refractivity contribution in [2.45, 2.75) is 44.8 Å². The quantitative estimate of drug-likeness (QED) is 0.701. The zero-order chi connectivity index (χ0) is 13.9. The summed E-state index contributed by atoms with van der Waals surface area (Å²) in [5.74, 6) is -0.346. The molecule has 0 atom stereocenters. The van der Waals surface area contributed by atoms with Crippen LogP contribution >= 0.6 is 0 Å². The van der Waals surface area contributed by atoms with Gasteiger partial charge < -0.3 is 20.3 Å². The van der Waals surface area contributed by atoms with Crippen LogP contribution in [0.25, 0.3) is 0 Å². The minimum Gasteiger partial charge on any atom is -0.480 e. The molecule has 0 saturated heterocycles. The molecular weight excluding hydrogens is 250 g/mol. The number of hydrogen-bond acceptors (Lipinski definition) is 4. The summed E-state index contributed by atoms with van der Waals surface area (Å²) in [5.41, 5.74) is -1.09. The zero-order valence-corrected chi connectivity index (χ0v) is 10.7. The Morgan fingerprint density at radius 2 is 2.26 bits per heavy atom. The van der Waals surface area contributed by atoms with Crippen LogP contribution in [0.1, 0.15) is 32.0 Å². The van der Waals surface area contributed by atoms with Crippen molar-refractivity contribution in [2.24, 2.45) is 0 Å². The number of nitrogens with zero attached hydrogens (tertiary/aromatic N) is 3. The van der Waals surface area contributed by atoms with Crippen LogP contribution in [0.5, 0.6) is 0 Å². The Morgan fingerprint density at radius 1 is 1.53 bits per heavy atom. The molecule has 104 valence electrons. The molecule has 0 aliphatic heterocycles. The van der Waals surface area contributed by atoms with Crippen LogP contribution in [0.15, 0.2) is 6.33 Å². The average Bonchev–Trinajstić information content (AvgIpc) is 2.78. The molecule has 2 rings (SSSR count). The number of amides is 2. The molecule has 1 heterocycles. The van der Waals surface area contributed by atoms with E-state index < -0.39 is 17.5 Å². The van der Waals surface area contributed by atoms with E-state index in [0.717, 1.165) is 6.42 Å². The highest BCUT2D eigenvalue weighted by Crippen LogP contribution is 2.31. The van der Waals surface area contributed by atoms with E-state index in [2.05, 4.69) is 20.8 Å². The summed E-state index contributed by atoms with van der Waals surface area (Å²) in [6.07, 6.45) is 3.35. The van der Waals surface area contributed by atoms with Crippen molar-refractivity contribution in [3.05, 3.63) is 12.2 Å². The summed E-state index contributed by atoms with van der Waals surface area (Å²) in [5, 5.41) is 21.8. The Bertz CT molecular complexity index is 480. The summed E-state index contributed by atoms with van der Waals surface area (Å²) in [7, 11) is 0. The highest BCUT2D eigenvalue weighted by molar-refractivity contribution is 5.87. The van der Waals surface area contributed by atoms with Crippen molar-refractivity contribution in [1.29, 1.82) is 0 Å². The third-order valence-electron chi connectivity index (χ3n) is 3.41. The number of urea groups is 1. The maximum Gasteiger partial charge on any atom is 0.329 e. The van der Waals surface area contributed by atoms with Crippen LogP contribution in [0.4, 0.5) is 4.79 Å². The van der Waals surface area contributed by atoms with Crippen molar-refractivity contribution in [2.75, 3.05) is 0 Å². The molecule has 0 bridgehead atoms. The number of hydrogen-bond donors (Lipinski definition) is 3. The van der Waals surface area contributed by atoms with Gasteiger partial charge in [0.1, 0.15) is 11.9 Å². The lowest BCUT2D eigenvalue weighted by Crippen LogP contribution is -2.61. The zero-order valence-electron chi connectivity index (χ0n) is 10.7. The molecule has 1 aromatic rings. The molecule has 1 aliphatic carbocycles. The van der Waals surface area contributed by atoms with Gasteiger partial charge in [-0.05, 0) is 26.2 Å². The second kappa shape index (κ2) is 5.25. The van der Waals surface area contributed by atoms with Crippen LogP contribution in [-0.2, 0) is 17.9 Å². The van der Waals surface area contributed by atoms with Gasteiger partial charge in [0.2, 0.25) is 0 Å². The fourth-order valence-electron chi connectivity index (χ4n) is 2.02. The fraction of sp³-hybridized carbons (Fsp3) is 0.636. The topological polar surface area (TPSA) is 109 Å². The number of carboxylic acid groups (broad SMARTS) is 1. The first kappa shape index (κ1) is 13.3. The number of carbonyl (C=O) groups is 2. The summed E-state index contributed by atoms with van der Waals surface area (Å²) in [6, 6.07) is -0.493. The number of aliphatic carboxylic acids is 1. The lowest BCUT2D eigenvalue weighted by molar-refractivity contribution is -0.148. The summed E-state index contributed by atoms with van der Waals surface area (Å²) < 4.78 is 1.80. The van der Waals surface area contributed by atoms with E-state index in [9.17, 15) is 9.59 Å². The molecule has 1 aliphatic rings. The summed E-state index contributed by atoms with van der Waals surface area (Å²) in [6.45, 7) is 2.88. The number of rotatable bonds is 5. The van der Waals surface area contributed by atoms with Crippen molar-refractivity contribution in [3.8, 4) is 0 Å². The van der Waals surface area contributed by atoms with Crippen LogP contribution in [-0.4, -0.2) is 37.4 Å². The van der Waals surface area contributed by atoms with Gasteiger partial charge in [-0.2, -0.15) is 0 Å². The van der Waals surface area contributed by atoms with Gasteiger partial charge in [-0.25, -0.2) is 9.59 Å². The average molecular weight is 267 g/mol. The molecule has 0 spiro atoms. The second-order valence-corrected chi connectivity index (χ2v) is 4.58. The summed E-state index contributed by atoms with van der Waals surface area (Å²) >= 11 is 0. The molecule has 1 fully saturated rings. The monoisotopic (exact) mass is 267 g/mol. The third-order valence-corrected chi connectivity index (χ3v) is 3.41. The number of aryl methyl sites for hydroxylation is 1. The minimum atomic E-state index is -1.09. The molecule has 8 heteroatoms. The molecule has 3 N–H and O–H groups in total. The van der Waals surface area contributed by atoms with Crippen LogP contribution < -0.4 is 10.6 Å². The molecule has 19 heavy (non-hydrogen) atoms. The van der Waals surface area contributed by atoms with Gasteiger partial charge in [0.05, 0.1) is 6.54 Å². The molecule has 1 aromatic heterocycles. The highest BCUT2D eigenvalue weighted by Gasteiger charge is 2.45. The lowest BCUT2D eigenvalue weighted by Gasteiger charge is -2.38. The minimum absolute atomic E-state index is 0.218. The van der Waals surface area contributed by atoms with E-state index >= 15 is 0 Å². The van der Waals surface area contributed by atoms with Crippen molar-refractivity contribution >= 4 is 12.0 Å². The predicted molar refractivity (Wildman–Crippen MR) is 65.3 cm³/mol. The van der Waals surface area contributed by atoms with Gasteiger partial charge in [0, 0.05) is 6.54 Å². The highest BCUT2D eigenvalue weighted by atomic mass is 16.4. The molecule has 2 amide bonds. The Balaban J connectivity index is 1.87. The number of carboxylic acids is 1. The Labute approximate surface area is 110 Å². The SMILES string of the molecule is CCn1cnnc1CNC(=O)NC1(C(=O)O)CCC1. The van der Waals surface area contributed by atoms with E-state index in [-0.39, 0.29) is 6.54 Å². The Morgan fingerprint density at radius 3 is 2.79 bits per heavy atom. The first-order valence-electron chi connectivity index (χ1n) is 6.23. The van der Waals surface area contributed by atoms with Gasteiger partial charge in [0.15, 0.2) is 5.82 Å². The Kier molecular flexibility index (Phi) is 3.68. The normalized spacial score (nSPS) is 16.5. The van der Waals surface area contributed by atoms with Gasteiger partial charge in [-0.15, -0.1) is 10.2 Å². The molecular formula is C11H17N5O3. The second-order valence-electron chi connectivity index (χ2n) is 4.58. The van der Waals surface area contributed by atoms with E-state index in [1.54, 1.807) is 10.9 Å². The lowest BCUT2D eigenvalue weighted by atomic mass is 9.77. The molecule has 0 unspecified atom stereocenters. The third kappa shape index (κ3) is 2.67. The van der Waals surface area contributed by atoms with E-state index in [0.29, 0.717) is 25.2 Å². The number of nitrogens with one attached hydrogen (secondary N) is 2.